The molecular formula is C20H22ClF3N4O. The second kappa shape index (κ2) is 8.36. The summed E-state index contributed by atoms with van der Waals surface area (Å²) in [6, 6.07) is 6.66. The Bertz CT molecular complexity index is 892. The first-order chi connectivity index (χ1) is 13.9. The normalized spacial score (nSPS) is 17.9. The van der Waals surface area contributed by atoms with Crippen molar-refractivity contribution < 1.29 is 18.0 Å². The Morgan fingerprint density at radius 2 is 1.86 bits per heavy atom. The number of halogens is 4. The van der Waals surface area contributed by atoms with E-state index in [1.54, 1.807) is 23.1 Å². The highest BCUT2D eigenvalue weighted by molar-refractivity contribution is 6.32. The third-order valence-corrected chi connectivity index (χ3v) is 5.88. The molecule has 4 rings (SSSR count). The second-order valence-corrected chi connectivity index (χ2v) is 7.94. The minimum absolute atomic E-state index is 0.00925. The van der Waals surface area contributed by atoms with Gasteiger partial charge in [0.2, 0.25) is 5.91 Å². The lowest BCUT2D eigenvalue weighted by atomic mass is 10.2. The molecule has 1 aromatic heterocycles. The smallest absolute Gasteiger partial charge is 0.283 e. The summed E-state index contributed by atoms with van der Waals surface area (Å²) < 4.78 is 41.5. The highest BCUT2D eigenvalue weighted by atomic mass is 35.5. The Morgan fingerprint density at radius 3 is 2.48 bits per heavy atom. The lowest BCUT2D eigenvalue weighted by Crippen LogP contribution is -2.49. The van der Waals surface area contributed by atoms with Gasteiger partial charge in [0.25, 0.3) is 6.43 Å². The van der Waals surface area contributed by atoms with Gasteiger partial charge in [0.15, 0.2) is 0 Å². The van der Waals surface area contributed by atoms with Crippen LogP contribution >= 0.6 is 11.6 Å². The van der Waals surface area contributed by atoms with E-state index in [2.05, 4.69) is 10.00 Å². The van der Waals surface area contributed by atoms with Gasteiger partial charge in [-0.05, 0) is 18.9 Å². The summed E-state index contributed by atoms with van der Waals surface area (Å²) in [4.78, 5) is 16.5. The minimum atomic E-state index is -2.77. The van der Waals surface area contributed by atoms with Crippen LogP contribution in [-0.4, -0.2) is 51.7 Å². The van der Waals surface area contributed by atoms with Crippen LogP contribution in [0.25, 0.3) is 0 Å². The topological polar surface area (TPSA) is 41.4 Å². The van der Waals surface area contributed by atoms with Crippen LogP contribution in [0.15, 0.2) is 24.3 Å². The molecule has 156 valence electrons. The predicted molar refractivity (Wildman–Crippen MR) is 102 cm³/mol. The molecule has 2 fully saturated rings. The van der Waals surface area contributed by atoms with Crippen molar-refractivity contribution in [3.8, 4) is 0 Å². The molecule has 0 bridgehead atoms. The molecular weight excluding hydrogens is 405 g/mol. The fraction of sp³-hybridized carbons (Fsp3) is 0.500. The fourth-order valence-electron chi connectivity index (χ4n) is 3.73. The zero-order valence-corrected chi connectivity index (χ0v) is 16.6. The molecule has 2 heterocycles. The largest absolute Gasteiger partial charge is 0.339 e. The predicted octanol–water partition coefficient (Wildman–Crippen LogP) is 3.84. The van der Waals surface area contributed by atoms with Crippen molar-refractivity contribution in [2.75, 3.05) is 26.2 Å². The SMILES string of the molecule is O=C(Cn1nc(C(F)F)c(Cl)c1C1CC1)N1CCN(Cc2ccccc2F)CC1. The number of hydrogen-bond acceptors (Lipinski definition) is 3. The van der Waals surface area contributed by atoms with Crippen LogP contribution in [-0.2, 0) is 17.9 Å². The lowest BCUT2D eigenvalue weighted by molar-refractivity contribution is -0.133. The first kappa shape index (κ1) is 20.2. The van der Waals surface area contributed by atoms with Crippen molar-refractivity contribution in [2.24, 2.45) is 0 Å². The third-order valence-electron chi connectivity index (χ3n) is 5.49. The Hall–Kier alpha value is -2.06. The number of aromatic nitrogens is 2. The number of nitrogens with zero attached hydrogens (tertiary/aromatic N) is 4. The van der Waals surface area contributed by atoms with Crippen LogP contribution in [0.1, 0.15) is 42.1 Å². The van der Waals surface area contributed by atoms with Crippen LogP contribution < -0.4 is 0 Å². The average Bonchev–Trinajstić information content (AvgIpc) is 3.47. The first-order valence-electron chi connectivity index (χ1n) is 9.72. The maximum Gasteiger partial charge on any atom is 0.283 e. The van der Waals surface area contributed by atoms with Gasteiger partial charge >= 0.3 is 0 Å². The van der Waals surface area contributed by atoms with Crippen molar-refractivity contribution in [3.63, 3.8) is 0 Å². The molecule has 2 aliphatic rings. The lowest BCUT2D eigenvalue weighted by Gasteiger charge is -2.34. The summed E-state index contributed by atoms with van der Waals surface area (Å²) in [7, 11) is 0. The molecule has 29 heavy (non-hydrogen) atoms. The molecule has 1 aliphatic heterocycles. The Balaban J connectivity index is 1.37. The molecule has 0 spiro atoms. The van der Waals surface area contributed by atoms with Crippen LogP contribution in [0, 0.1) is 5.82 Å². The number of carbonyl (C=O) groups excluding carboxylic acids is 1. The first-order valence-corrected chi connectivity index (χ1v) is 10.1. The number of benzene rings is 1. The Morgan fingerprint density at radius 1 is 1.17 bits per heavy atom. The highest BCUT2D eigenvalue weighted by Gasteiger charge is 2.35. The summed E-state index contributed by atoms with van der Waals surface area (Å²) in [5.74, 6) is -0.297. The van der Waals surface area contributed by atoms with E-state index in [-0.39, 0.29) is 29.2 Å². The zero-order chi connectivity index (χ0) is 20.5. The molecule has 9 heteroatoms. The van der Waals surface area contributed by atoms with Gasteiger partial charge < -0.3 is 4.90 Å². The van der Waals surface area contributed by atoms with Crippen LogP contribution in [0.2, 0.25) is 5.02 Å². The molecule has 5 nitrogen and oxygen atoms in total. The van der Waals surface area contributed by atoms with Gasteiger partial charge in [-0.2, -0.15) is 5.10 Å². The Kier molecular flexibility index (Phi) is 5.83. The maximum absolute atomic E-state index is 13.8. The fourth-order valence-corrected chi connectivity index (χ4v) is 4.10. The van der Waals surface area contributed by atoms with Crippen molar-refractivity contribution in [1.82, 2.24) is 19.6 Å². The van der Waals surface area contributed by atoms with E-state index in [9.17, 15) is 18.0 Å². The minimum Gasteiger partial charge on any atom is -0.339 e. The van der Waals surface area contributed by atoms with E-state index in [1.807, 2.05) is 0 Å². The van der Waals surface area contributed by atoms with Gasteiger partial charge in [-0.15, -0.1) is 0 Å². The summed E-state index contributed by atoms with van der Waals surface area (Å²) in [5, 5.41) is 3.91. The molecule has 0 N–H and O–H groups in total. The third kappa shape index (κ3) is 4.43. The van der Waals surface area contributed by atoms with Crippen molar-refractivity contribution in [3.05, 3.63) is 52.1 Å². The molecule has 0 atom stereocenters. The van der Waals surface area contributed by atoms with Gasteiger partial charge in [-0.3, -0.25) is 14.4 Å². The number of rotatable bonds is 6. The van der Waals surface area contributed by atoms with E-state index >= 15 is 0 Å². The van der Waals surface area contributed by atoms with Crippen molar-refractivity contribution in [1.29, 1.82) is 0 Å². The van der Waals surface area contributed by atoms with Crippen molar-refractivity contribution in [2.45, 2.75) is 38.3 Å². The number of alkyl halides is 2. The number of amides is 1. The van der Waals surface area contributed by atoms with Gasteiger partial charge in [-0.1, -0.05) is 29.8 Å². The summed E-state index contributed by atoms with van der Waals surface area (Å²) in [6.45, 7) is 2.65. The summed E-state index contributed by atoms with van der Waals surface area (Å²) >= 11 is 6.11. The molecule has 1 saturated carbocycles. The molecule has 0 radical (unpaired) electrons. The molecule has 1 aromatic carbocycles. The molecule has 1 amide bonds. The average molecular weight is 427 g/mol. The number of carbonyl (C=O) groups is 1. The van der Waals surface area contributed by atoms with E-state index in [4.69, 9.17) is 11.6 Å². The second-order valence-electron chi connectivity index (χ2n) is 7.57. The van der Waals surface area contributed by atoms with Crippen LogP contribution in [0.5, 0.6) is 0 Å². The van der Waals surface area contributed by atoms with Gasteiger partial charge in [0.1, 0.15) is 18.1 Å². The maximum atomic E-state index is 13.8. The van der Waals surface area contributed by atoms with E-state index in [1.165, 1.54) is 10.7 Å². The van der Waals surface area contributed by atoms with Crippen LogP contribution in [0.3, 0.4) is 0 Å². The molecule has 1 aliphatic carbocycles. The van der Waals surface area contributed by atoms with E-state index in [0.29, 0.717) is 44.0 Å². The standard InChI is InChI=1S/C20H22ClF3N4O/c21-17-18(20(23)24)25-28(19(17)13-5-6-13)12-16(29)27-9-7-26(8-10-27)11-14-3-1-2-4-15(14)22/h1-4,13,20H,5-12H2. The van der Waals surface area contributed by atoms with E-state index in [0.717, 1.165) is 12.8 Å². The molecule has 2 aromatic rings. The molecule has 1 saturated heterocycles. The zero-order valence-electron chi connectivity index (χ0n) is 15.8. The Labute approximate surface area is 172 Å². The summed E-state index contributed by atoms with van der Waals surface area (Å²) in [5.41, 5.74) is 0.733. The van der Waals surface area contributed by atoms with Crippen LogP contribution in [0.4, 0.5) is 13.2 Å². The monoisotopic (exact) mass is 426 g/mol. The summed E-state index contributed by atoms with van der Waals surface area (Å²) in [6.07, 6.45) is -1.02. The quantitative estimate of drug-likeness (QED) is 0.705. The van der Waals surface area contributed by atoms with Gasteiger partial charge in [0, 0.05) is 44.2 Å². The number of hydrogen-bond donors (Lipinski definition) is 0. The van der Waals surface area contributed by atoms with Gasteiger partial charge in [-0.25, -0.2) is 13.2 Å². The molecule has 0 unspecified atom stereocenters. The van der Waals surface area contributed by atoms with E-state index < -0.39 is 12.1 Å². The van der Waals surface area contributed by atoms with Crippen molar-refractivity contribution >= 4 is 17.5 Å². The number of piperazine rings is 1. The highest BCUT2D eigenvalue weighted by Crippen LogP contribution is 2.45. The van der Waals surface area contributed by atoms with Gasteiger partial charge in [0.05, 0.1) is 10.7 Å².